The molecular weight excluding hydrogens is 182 g/mol. The molecule has 1 heterocycles. The highest BCUT2D eigenvalue weighted by Gasteiger charge is 2.19. The van der Waals surface area contributed by atoms with E-state index in [9.17, 15) is 0 Å². The van der Waals surface area contributed by atoms with Crippen LogP contribution in [0.1, 0.15) is 29.7 Å². The molecule has 1 atom stereocenters. The van der Waals surface area contributed by atoms with Gasteiger partial charge in [0.25, 0.3) is 0 Å². The number of benzene rings is 1. The van der Waals surface area contributed by atoms with Gasteiger partial charge in [0.05, 0.1) is 0 Å². The monoisotopic (exact) mass is 195 g/mol. The van der Waals surface area contributed by atoms with Gasteiger partial charge in [-0.2, -0.15) is 0 Å². The van der Waals surface area contributed by atoms with Gasteiger partial charge in [0.1, 0.15) is 0 Å². The van der Waals surface area contributed by atoms with Gasteiger partial charge in [-0.25, -0.2) is 0 Å². The van der Waals surface area contributed by atoms with Gasteiger partial charge in [0.15, 0.2) is 0 Å². The van der Waals surface area contributed by atoms with E-state index in [4.69, 9.17) is 11.6 Å². The molecule has 1 aliphatic rings. The van der Waals surface area contributed by atoms with Crippen molar-refractivity contribution in [3.63, 3.8) is 0 Å². The predicted molar refractivity (Wildman–Crippen MR) is 56.3 cm³/mol. The summed E-state index contributed by atoms with van der Waals surface area (Å²) in [6.45, 7) is 5.39. The van der Waals surface area contributed by atoms with Crippen molar-refractivity contribution in [2.45, 2.75) is 26.3 Å². The zero-order valence-corrected chi connectivity index (χ0v) is 8.78. The van der Waals surface area contributed by atoms with Gasteiger partial charge in [-0.05, 0) is 49.6 Å². The Hall–Kier alpha value is -0.530. The second kappa shape index (κ2) is 3.32. The topological polar surface area (TPSA) is 12.0 Å². The lowest BCUT2D eigenvalue weighted by Gasteiger charge is -2.26. The molecule has 0 bridgehead atoms. The summed E-state index contributed by atoms with van der Waals surface area (Å²) in [4.78, 5) is 0. The normalized spacial score (nSPS) is 21.3. The van der Waals surface area contributed by atoms with Crippen LogP contribution in [0, 0.1) is 6.92 Å². The zero-order valence-electron chi connectivity index (χ0n) is 8.02. The van der Waals surface area contributed by atoms with E-state index in [-0.39, 0.29) is 0 Å². The Balaban J connectivity index is 2.60. The van der Waals surface area contributed by atoms with Crippen molar-refractivity contribution >= 4 is 11.6 Å². The van der Waals surface area contributed by atoms with Crippen molar-refractivity contribution in [2.24, 2.45) is 0 Å². The van der Waals surface area contributed by atoms with E-state index < -0.39 is 0 Å². The molecule has 0 aliphatic carbocycles. The van der Waals surface area contributed by atoms with Crippen LogP contribution < -0.4 is 5.32 Å². The summed E-state index contributed by atoms with van der Waals surface area (Å²) in [5, 5.41) is 4.37. The predicted octanol–water partition coefficient (Wildman–Crippen LogP) is 2.86. The molecule has 1 aromatic carbocycles. The third-order valence-corrected chi connectivity index (χ3v) is 3.13. The Labute approximate surface area is 84.1 Å². The molecule has 0 saturated carbocycles. The van der Waals surface area contributed by atoms with Gasteiger partial charge in [-0.15, -0.1) is 0 Å². The van der Waals surface area contributed by atoms with Crippen molar-refractivity contribution in [3.05, 3.63) is 33.8 Å². The molecular formula is C11H14ClN. The maximum Gasteiger partial charge on any atom is 0.0442 e. The summed E-state index contributed by atoms with van der Waals surface area (Å²) in [6, 6.07) is 4.56. The molecule has 1 N–H and O–H groups in total. The molecule has 0 saturated heterocycles. The van der Waals surface area contributed by atoms with Crippen LogP contribution in [0.4, 0.5) is 0 Å². The highest BCUT2D eigenvalue weighted by molar-refractivity contribution is 6.31. The third-order valence-electron chi connectivity index (χ3n) is 2.78. The summed E-state index contributed by atoms with van der Waals surface area (Å²) >= 11 is 6.15. The first-order chi connectivity index (χ1) is 6.20. The standard InChI is InChI=1S/C11H14ClN/c1-7-3-4-10(12)9-5-6-13-8(2)11(7)9/h3-4,8,13H,5-6H2,1-2H3. The molecule has 70 valence electrons. The Morgan fingerprint density at radius 3 is 2.92 bits per heavy atom. The molecule has 13 heavy (non-hydrogen) atoms. The Kier molecular flexibility index (Phi) is 2.31. The smallest absolute Gasteiger partial charge is 0.0442 e. The first kappa shape index (κ1) is 9.04. The quantitative estimate of drug-likeness (QED) is 0.672. The van der Waals surface area contributed by atoms with Crippen LogP contribution >= 0.6 is 11.6 Å². The summed E-state index contributed by atoms with van der Waals surface area (Å²) in [7, 11) is 0. The third kappa shape index (κ3) is 1.47. The largest absolute Gasteiger partial charge is 0.310 e. The molecule has 0 amide bonds. The fraction of sp³-hybridized carbons (Fsp3) is 0.455. The zero-order chi connectivity index (χ0) is 9.42. The van der Waals surface area contributed by atoms with Crippen molar-refractivity contribution < 1.29 is 0 Å². The molecule has 0 spiro atoms. The second-order valence-electron chi connectivity index (χ2n) is 3.68. The van der Waals surface area contributed by atoms with Crippen LogP contribution in [-0.4, -0.2) is 6.54 Å². The number of fused-ring (bicyclic) bond motifs is 1. The summed E-state index contributed by atoms with van der Waals surface area (Å²) in [5.41, 5.74) is 4.09. The van der Waals surface area contributed by atoms with E-state index in [0.29, 0.717) is 6.04 Å². The summed E-state index contributed by atoms with van der Waals surface area (Å²) in [6.07, 6.45) is 1.06. The maximum atomic E-state index is 6.15. The molecule has 0 fully saturated rings. The van der Waals surface area contributed by atoms with Crippen LogP contribution in [0.2, 0.25) is 5.02 Å². The Morgan fingerprint density at radius 1 is 1.46 bits per heavy atom. The number of hydrogen-bond donors (Lipinski definition) is 1. The van der Waals surface area contributed by atoms with E-state index in [0.717, 1.165) is 18.0 Å². The Bertz CT molecular complexity index is 333. The van der Waals surface area contributed by atoms with Crippen molar-refractivity contribution in [2.75, 3.05) is 6.54 Å². The van der Waals surface area contributed by atoms with Gasteiger partial charge in [-0.1, -0.05) is 17.7 Å². The molecule has 0 aromatic heterocycles. The molecule has 2 rings (SSSR count). The molecule has 0 radical (unpaired) electrons. The summed E-state index contributed by atoms with van der Waals surface area (Å²) < 4.78 is 0. The number of aryl methyl sites for hydroxylation is 1. The second-order valence-corrected chi connectivity index (χ2v) is 4.09. The number of rotatable bonds is 0. The molecule has 1 aliphatic heterocycles. The average molecular weight is 196 g/mol. The van der Waals surface area contributed by atoms with Crippen molar-refractivity contribution in [1.29, 1.82) is 0 Å². The van der Waals surface area contributed by atoms with Gasteiger partial charge in [0, 0.05) is 11.1 Å². The summed E-state index contributed by atoms with van der Waals surface area (Å²) in [5.74, 6) is 0. The molecule has 1 nitrogen and oxygen atoms in total. The van der Waals surface area contributed by atoms with E-state index in [1.54, 1.807) is 0 Å². The number of halogens is 1. The van der Waals surface area contributed by atoms with E-state index in [1.807, 2.05) is 6.07 Å². The van der Waals surface area contributed by atoms with Crippen molar-refractivity contribution in [1.82, 2.24) is 5.32 Å². The lowest BCUT2D eigenvalue weighted by atomic mass is 9.91. The Morgan fingerprint density at radius 2 is 2.23 bits per heavy atom. The first-order valence-corrected chi connectivity index (χ1v) is 5.09. The first-order valence-electron chi connectivity index (χ1n) is 4.71. The molecule has 1 unspecified atom stereocenters. The molecule has 2 heteroatoms. The minimum Gasteiger partial charge on any atom is -0.310 e. The molecule has 1 aromatic rings. The van der Waals surface area contributed by atoms with Crippen LogP contribution in [0.25, 0.3) is 0 Å². The van der Waals surface area contributed by atoms with Crippen LogP contribution in [-0.2, 0) is 6.42 Å². The van der Waals surface area contributed by atoms with Gasteiger partial charge in [0.2, 0.25) is 0 Å². The SMILES string of the molecule is Cc1ccc(Cl)c2c1C(C)NCC2. The van der Waals surface area contributed by atoms with E-state index >= 15 is 0 Å². The fourth-order valence-electron chi connectivity index (χ4n) is 2.13. The van der Waals surface area contributed by atoms with Crippen LogP contribution in [0.5, 0.6) is 0 Å². The fourth-order valence-corrected chi connectivity index (χ4v) is 2.39. The lowest BCUT2D eigenvalue weighted by Crippen LogP contribution is -2.28. The van der Waals surface area contributed by atoms with Gasteiger partial charge >= 0.3 is 0 Å². The number of nitrogens with one attached hydrogen (secondary N) is 1. The minimum atomic E-state index is 0.447. The van der Waals surface area contributed by atoms with E-state index in [1.165, 1.54) is 16.7 Å². The van der Waals surface area contributed by atoms with Crippen molar-refractivity contribution in [3.8, 4) is 0 Å². The van der Waals surface area contributed by atoms with E-state index in [2.05, 4.69) is 25.2 Å². The highest BCUT2D eigenvalue weighted by atomic mass is 35.5. The van der Waals surface area contributed by atoms with Gasteiger partial charge < -0.3 is 5.32 Å². The van der Waals surface area contributed by atoms with Crippen LogP contribution in [0.15, 0.2) is 12.1 Å². The van der Waals surface area contributed by atoms with Gasteiger partial charge in [-0.3, -0.25) is 0 Å². The highest BCUT2D eigenvalue weighted by Crippen LogP contribution is 2.30. The minimum absolute atomic E-state index is 0.447. The van der Waals surface area contributed by atoms with Crippen LogP contribution in [0.3, 0.4) is 0 Å². The average Bonchev–Trinajstić information content (AvgIpc) is 2.12. The maximum absolute atomic E-state index is 6.15. The lowest BCUT2D eigenvalue weighted by molar-refractivity contribution is 0.538. The number of hydrogen-bond acceptors (Lipinski definition) is 1.